The summed E-state index contributed by atoms with van der Waals surface area (Å²) < 4.78 is 40.0. The number of aromatic nitrogens is 1. The first-order valence-corrected chi connectivity index (χ1v) is 6.89. The van der Waals surface area contributed by atoms with Crippen LogP contribution in [0.25, 0.3) is 10.9 Å². The Labute approximate surface area is 130 Å². The predicted octanol–water partition coefficient (Wildman–Crippen LogP) is 4.45. The lowest BCUT2D eigenvalue weighted by Gasteiger charge is -2.10. The van der Waals surface area contributed by atoms with E-state index >= 15 is 0 Å². The Hall–Kier alpha value is -2.76. The van der Waals surface area contributed by atoms with Gasteiger partial charge in [0.1, 0.15) is 0 Å². The van der Waals surface area contributed by atoms with Crippen LogP contribution in [0.2, 0.25) is 0 Å². The number of rotatable bonds is 2. The number of anilines is 1. The molecule has 0 saturated carbocycles. The first-order valence-electron chi connectivity index (χ1n) is 6.89. The Kier molecular flexibility index (Phi) is 3.60. The van der Waals surface area contributed by atoms with Crippen molar-refractivity contribution in [1.29, 1.82) is 0 Å². The van der Waals surface area contributed by atoms with Gasteiger partial charge in [0, 0.05) is 35.4 Å². The molecule has 0 aliphatic rings. The predicted molar refractivity (Wildman–Crippen MR) is 82.3 cm³/mol. The molecular weight excluding hydrogens is 305 g/mol. The molecule has 3 rings (SSSR count). The van der Waals surface area contributed by atoms with Gasteiger partial charge in [-0.25, -0.2) is 0 Å². The fourth-order valence-electron chi connectivity index (χ4n) is 2.47. The minimum atomic E-state index is -4.44. The average Bonchev–Trinajstić information content (AvgIpc) is 2.88. The van der Waals surface area contributed by atoms with Crippen LogP contribution < -0.4 is 5.32 Å². The third-order valence-electron chi connectivity index (χ3n) is 3.62. The van der Waals surface area contributed by atoms with Crippen LogP contribution in [0, 0.1) is 0 Å². The number of benzene rings is 2. The van der Waals surface area contributed by atoms with E-state index in [1.165, 1.54) is 12.1 Å². The third kappa shape index (κ3) is 2.92. The number of fused-ring (bicyclic) bond motifs is 1. The van der Waals surface area contributed by atoms with E-state index in [1.807, 2.05) is 23.9 Å². The molecule has 0 radical (unpaired) electrons. The molecule has 0 aliphatic heterocycles. The summed E-state index contributed by atoms with van der Waals surface area (Å²) >= 11 is 0. The molecule has 1 aromatic heterocycles. The first kappa shape index (κ1) is 15.1. The van der Waals surface area contributed by atoms with Crippen molar-refractivity contribution < 1.29 is 18.0 Å². The van der Waals surface area contributed by atoms with Crippen LogP contribution in [0.15, 0.2) is 54.7 Å². The fraction of sp³-hybridized carbons (Fsp3) is 0.118. The molecule has 1 heterocycles. The van der Waals surface area contributed by atoms with E-state index in [2.05, 4.69) is 5.32 Å². The third-order valence-corrected chi connectivity index (χ3v) is 3.62. The number of alkyl halides is 3. The topological polar surface area (TPSA) is 34.0 Å². The van der Waals surface area contributed by atoms with Gasteiger partial charge in [-0.3, -0.25) is 4.79 Å². The number of nitrogens with zero attached hydrogens (tertiary/aromatic N) is 1. The largest absolute Gasteiger partial charge is 0.416 e. The van der Waals surface area contributed by atoms with Gasteiger partial charge >= 0.3 is 6.18 Å². The number of aryl methyl sites for hydroxylation is 1. The molecule has 2 aromatic carbocycles. The van der Waals surface area contributed by atoms with Gasteiger partial charge in [0.25, 0.3) is 5.91 Å². The normalized spacial score (nSPS) is 11.7. The first-order chi connectivity index (χ1) is 10.9. The number of amides is 1. The highest BCUT2D eigenvalue weighted by Crippen LogP contribution is 2.31. The summed E-state index contributed by atoms with van der Waals surface area (Å²) in [5.41, 5.74) is 0.605. The summed E-state index contributed by atoms with van der Waals surface area (Å²) in [5, 5.41) is 3.27. The molecule has 0 spiro atoms. The van der Waals surface area contributed by atoms with Gasteiger partial charge in [-0.2, -0.15) is 13.2 Å². The van der Waals surface area contributed by atoms with Crippen LogP contribution in [0.5, 0.6) is 0 Å². The molecule has 0 atom stereocenters. The molecule has 3 aromatic rings. The zero-order valence-electron chi connectivity index (χ0n) is 12.2. The molecule has 6 heteroatoms. The highest BCUT2D eigenvalue weighted by molar-refractivity contribution is 6.12. The molecule has 23 heavy (non-hydrogen) atoms. The second kappa shape index (κ2) is 5.46. The molecule has 0 saturated heterocycles. The van der Waals surface area contributed by atoms with Gasteiger partial charge in [-0.15, -0.1) is 0 Å². The van der Waals surface area contributed by atoms with Crippen LogP contribution in [0.4, 0.5) is 18.9 Å². The molecule has 0 bridgehead atoms. The van der Waals surface area contributed by atoms with E-state index in [9.17, 15) is 18.0 Å². The molecule has 118 valence electrons. The summed E-state index contributed by atoms with van der Waals surface area (Å²) in [4.78, 5) is 12.4. The van der Waals surface area contributed by atoms with Crippen molar-refractivity contribution in [3.8, 4) is 0 Å². The molecule has 0 unspecified atom stereocenters. The average molecular weight is 318 g/mol. The molecule has 3 nitrogen and oxygen atoms in total. The molecule has 0 fully saturated rings. The van der Waals surface area contributed by atoms with Crippen molar-refractivity contribution in [2.24, 2.45) is 7.05 Å². The lowest BCUT2D eigenvalue weighted by molar-refractivity contribution is -0.137. The van der Waals surface area contributed by atoms with Gasteiger partial charge in [0.2, 0.25) is 0 Å². The van der Waals surface area contributed by atoms with Gasteiger partial charge < -0.3 is 9.88 Å². The van der Waals surface area contributed by atoms with Crippen molar-refractivity contribution >= 4 is 22.5 Å². The summed E-state index contributed by atoms with van der Waals surface area (Å²) in [7, 11) is 1.86. The van der Waals surface area contributed by atoms with Crippen molar-refractivity contribution in [2.45, 2.75) is 6.18 Å². The number of nitrogens with one attached hydrogen (secondary N) is 1. The maximum atomic E-state index is 12.7. The Bertz CT molecular complexity index is 881. The Morgan fingerprint density at radius 3 is 2.57 bits per heavy atom. The zero-order chi connectivity index (χ0) is 16.6. The highest BCUT2D eigenvalue weighted by atomic mass is 19.4. The molecule has 0 aliphatic carbocycles. The van der Waals surface area contributed by atoms with E-state index in [0.717, 1.165) is 23.0 Å². The van der Waals surface area contributed by atoms with Crippen LogP contribution in [-0.4, -0.2) is 10.5 Å². The standard InChI is InChI=1S/C17H13F3N2O/c1-22-9-8-13-14(6-3-7-15(13)22)16(23)21-12-5-2-4-11(10-12)17(18,19)20/h2-10H,1H3,(H,21,23). The summed E-state index contributed by atoms with van der Waals surface area (Å²) in [6.45, 7) is 0. The summed E-state index contributed by atoms with van der Waals surface area (Å²) in [6, 6.07) is 11.6. The minimum absolute atomic E-state index is 0.109. The van der Waals surface area contributed by atoms with E-state index in [0.29, 0.717) is 5.56 Å². The Morgan fingerprint density at radius 1 is 1.09 bits per heavy atom. The van der Waals surface area contributed by atoms with Crippen molar-refractivity contribution in [2.75, 3.05) is 5.32 Å². The lowest BCUT2D eigenvalue weighted by Crippen LogP contribution is -2.13. The van der Waals surface area contributed by atoms with Gasteiger partial charge in [0.05, 0.1) is 5.56 Å². The monoisotopic (exact) mass is 318 g/mol. The quantitative estimate of drug-likeness (QED) is 0.744. The maximum absolute atomic E-state index is 12.7. The van der Waals surface area contributed by atoms with Gasteiger partial charge in [-0.05, 0) is 36.4 Å². The van der Waals surface area contributed by atoms with E-state index < -0.39 is 17.6 Å². The van der Waals surface area contributed by atoms with E-state index in [-0.39, 0.29) is 5.69 Å². The SMILES string of the molecule is Cn1ccc2c(C(=O)Nc3cccc(C(F)(F)F)c3)cccc21. The van der Waals surface area contributed by atoms with Gasteiger partial charge in [-0.1, -0.05) is 12.1 Å². The number of hydrogen-bond acceptors (Lipinski definition) is 1. The van der Waals surface area contributed by atoms with Crippen LogP contribution >= 0.6 is 0 Å². The smallest absolute Gasteiger partial charge is 0.351 e. The van der Waals surface area contributed by atoms with Crippen LogP contribution in [0.3, 0.4) is 0 Å². The van der Waals surface area contributed by atoms with Crippen molar-refractivity contribution in [1.82, 2.24) is 4.57 Å². The van der Waals surface area contributed by atoms with E-state index in [1.54, 1.807) is 18.2 Å². The maximum Gasteiger partial charge on any atom is 0.416 e. The molecule has 1 amide bonds. The summed E-state index contributed by atoms with van der Waals surface area (Å²) in [6.07, 6.45) is -2.62. The molecular formula is C17H13F3N2O. The minimum Gasteiger partial charge on any atom is -0.351 e. The van der Waals surface area contributed by atoms with Crippen LogP contribution in [0.1, 0.15) is 15.9 Å². The Morgan fingerprint density at radius 2 is 1.83 bits per heavy atom. The number of hydrogen-bond donors (Lipinski definition) is 1. The fourth-order valence-corrected chi connectivity index (χ4v) is 2.47. The second-order valence-corrected chi connectivity index (χ2v) is 5.20. The summed E-state index contributed by atoms with van der Waals surface area (Å²) in [5.74, 6) is -0.443. The second-order valence-electron chi connectivity index (χ2n) is 5.20. The number of carbonyl (C=O) groups is 1. The lowest BCUT2D eigenvalue weighted by atomic mass is 10.1. The van der Waals surface area contributed by atoms with E-state index in [4.69, 9.17) is 0 Å². The zero-order valence-corrected chi connectivity index (χ0v) is 12.2. The number of halogens is 3. The Balaban J connectivity index is 1.92. The molecule has 1 N–H and O–H groups in total. The van der Waals surface area contributed by atoms with Crippen molar-refractivity contribution in [3.05, 3.63) is 65.9 Å². The van der Waals surface area contributed by atoms with Gasteiger partial charge in [0.15, 0.2) is 0 Å². The number of carbonyl (C=O) groups excluding carboxylic acids is 1. The van der Waals surface area contributed by atoms with Crippen molar-refractivity contribution in [3.63, 3.8) is 0 Å². The highest BCUT2D eigenvalue weighted by Gasteiger charge is 2.30. The van der Waals surface area contributed by atoms with Crippen LogP contribution in [-0.2, 0) is 13.2 Å².